The number of aliphatic hydroxyl groups is 1. The molecule has 0 amide bonds. The first-order valence-electron chi connectivity index (χ1n) is 6.60. The van der Waals surface area contributed by atoms with Gasteiger partial charge in [-0.2, -0.15) is 5.10 Å². The van der Waals surface area contributed by atoms with Crippen molar-refractivity contribution in [2.75, 3.05) is 7.11 Å². The summed E-state index contributed by atoms with van der Waals surface area (Å²) in [6, 6.07) is 7.26. The van der Waals surface area contributed by atoms with Crippen molar-refractivity contribution in [1.82, 2.24) is 9.78 Å². The van der Waals surface area contributed by atoms with Crippen LogP contribution in [0.5, 0.6) is 5.75 Å². The maximum Gasteiger partial charge on any atom is 0.163 e. The minimum atomic E-state index is -1.27. The van der Waals surface area contributed by atoms with Gasteiger partial charge in [-0.1, -0.05) is 36.7 Å². The third kappa shape index (κ3) is 2.53. The summed E-state index contributed by atoms with van der Waals surface area (Å²) in [5.74, 6) is 0.559. The molecule has 1 aromatic heterocycles. The molecule has 1 atom stereocenters. The van der Waals surface area contributed by atoms with Crippen LogP contribution in [0, 0.1) is 0 Å². The number of nitrogens with zero attached hydrogens (tertiary/aromatic N) is 2. The standard InChI is InChI=1S/C15H19ClN2O2/c1-4-9-18-14(13(20-3)10-17-18)15(2,19)11-7-5-6-8-12(11)16/h5-8,10,19H,4,9H2,1-3H3. The molecule has 0 aliphatic carbocycles. The number of methoxy groups -OCH3 is 1. The molecule has 0 saturated carbocycles. The van der Waals surface area contributed by atoms with Gasteiger partial charge in [0.1, 0.15) is 11.3 Å². The van der Waals surface area contributed by atoms with Crippen molar-refractivity contribution in [3.05, 3.63) is 46.7 Å². The molecule has 1 N–H and O–H groups in total. The molecule has 5 heteroatoms. The molecule has 0 fully saturated rings. The first kappa shape index (κ1) is 14.9. The van der Waals surface area contributed by atoms with Gasteiger partial charge in [-0.25, -0.2) is 0 Å². The van der Waals surface area contributed by atoms with Crippen LogP contribution in [0.25, 0.3) is 0 Å². The van der Waals surface area contributed by atoms with E-state index in [1.807, 2.05) is 18.2 Å². The molecule has 0 saturated heterocycles. The highest BCUT2D eigenvalue weighted by Gasteiger charge is 2.34. The van der Waals surface area contributed by atoms with Crippen molar-refractivity contribution < 1.29 is 9.84 Å². The molecule has 1 heterocycles. The Balaban J connectivity index is 2.59. The number of aryl methyl sites for hydroxylation is 1. The highest BCUT2D eigenvalue weighted by atomic mass is 35.5. The van der Waals surface area contributed by atoms with E-state index in [1.165, 1.54) is 0 Å². The van der Waals surface area contributed by atoms with E-state index in [9.17, 15) is 5.11 Å². The van der Waals surface area contributed by atoms with Gasteiger partial charge in [-0.15, -0.1) is 0 Å². The van der Waals surface area contributed by atoms with Gasteiger partial charge in [0.15, 0.2) is 5.75 Å². The lowest BCUT2D eigenvalue weighted by Crippen LogP contribution is -2.28. The van der Waals surface area contributed by atoms with Gasteiger partial charge in [-0.05, 0) is 19.4 Å². The van der Waals surface area contributed by atoms with E-state index in [1.54, 1.807) is 31.0 Å². The van der Waals surface area contributed by atoms with Crippen molar-refractivity contribution in [2.24, 2.45) is 0 Å². The Hall–Kier alpha value is -1.52. The van der Waals surface area contributed by atoms with Crippen LogP contribution in [0.1, 0.15) is 31.5 Å². The van der Waals surface area contributed by atoms with E-state index in [4.69, 9.17) is 16.3 Å². The lowest BCUT2D eigenvalue weighted by Gasteiger charge is -2.26. The summed E-state index contributed by atoms with van der Waals surface area (Å²) in [7, 11) is 1.57. The molecule has 4 nitrogen and oxygen atoms in total. The third-order valence-corrected chi connectivity index (χ3v) is 3.65. The van der Waals surface area contributed by atoms with E-state index in [-0.39, 0.29) is 0 Å². The zero-order chi connectivity index (χ0) is 14.8. The van der Waals surface area contributed by atoms with Gasteiger partial charge < -0.3 is 9.84 Å². The maximum atomic E-state index is 11.0. The number of hydrogen-bond donors (Lipinski definition) is 1. The van der Waals surface area contributed by atoms with Crippen LogP contribution in [0.3, 0.4) is 0 Å². The van der Waals surface area contributed by atoms with Gasteiger partial charge in [-0.3, -0.25) is 4.68 Å². The number of halogens is 1. The molecule has 20 heavy (non-hydrogen) atoms. The minimum absolute atomic E-state index is 0.517. The van der Waals surface area contributed by atoms with Crippen LogP contribution < -0.4 is 4.74 Å². The smallest absolute Gasteiger partial charge is 0.163 e. The molecular formula is C15H19ClN2O2. The zero-order valence-electron chi connectivity index (χ0n) is 11.9. The molecule has 0 bridgehead atoms. The zero-order valence-corrected chi connectivity index (χ0v) is 12.7. The molecule has 1 aromatic carbocycles. The average Bonchev–Trinajstić information content (AvgIpc) is 2.83. The van der Waals surface area contributed by atoms with Crippen LogP contribution in [-0.2, 0) is 12.1 Å². The monoisotopic (exact) mass is 294 g/mol. The molecule has 0 radical (unpaired) electrons. The predicted molar refractivity (Wildman–Crippen MR) is 79.2 cm³/mol. The Morgan fingerprint density at radius 2 is 2.10 bits per heavy atom. The van der Waals surface area contributed by atoms with Crippen LogP contribution in [0.15, 0.2) is 30.5 Å². The molecule has 0 spiro atoms. The second-order valence-corrected chi connectivity index (χ2v) is 5.24. The molecule has 0 aliphatic rings. The highest BCUT2D eigenvalue weighted by molar-refractivity contribution is 6.31. The quantitative estimate of drug-likeness (QED) is 0.921. The molecule has 0 aliphatic heterocycles. The first-order chi connectivity index (χ1) is 9.52. The number of benzene rings is 1. The molecule has 108 valence electrons. The summed E-state index contributed by atoms with van der Waals surface area (Å²) in [6.07, 6.45) is 2.53. The van der Waals surface area contributed by atoms with Gasteiger partial charge in [0.2, 0.25) is 0 Å². The van der Waals surface area contributed by atoms with E-state index in [0.717, 1.165) is 6.42 Å². The lowest BCUT2D eigenvalue weighted by atomic mass is 9.91. The van der Waals surface area contributed by atoms with Gasteiger partial charge in [0, 0.05) is 17.1 Å². The largest absolute Gasteiger partial charge is 0.493 e. The number of ether oxygens (including phenoxy) is 1. The van der Waals surface area contributed by atoms with Crippen molar-refractivity contribution in [1.29, 1.82) is 0 Å². The molecular weight excluding hydrogens is 276 g/mol. The summed E-state index contributed by atoms with van der Waals surface area (Å²) in [5.41, 5.74) is -0.0113. The average molecular weight is 295 g/mol. The fourth-order valence-electron chi connectivity index (χ4n) is 2.37. The Morgan fingerprint density at radius 3 is 2.70 bits per heavy atom. The SMILES string of the molecule is CCCn1ncc(OC)c1C(C)(O)c1ccccc1Cl. The Morgan fingerprint density at radius 1 is 1.40 bits per heavy atom. The van der Waals surface area contributed by atoms with Crippen LogP contribution in [0.4, 0.5) is 0 Å². The van der Waals surface area contributed by atoms with E-state index in [0.29, 0.717) is 28.6 Å². The van der Waals surface area contributed by atoms with Gasteiger partial charge >= 0.3 is 0 Å². The Kier molecular flexibility index (Phi) is 4.35. The topological polar surface area (TPSA) is 47.3 Å². The number of rotatable bonds is 5. The molecule has 1 unspecified atom stereocenters. The van der Waals surface area contributed by atoms with Crippen LogP contribution in [-0.4, -0.2) is 22.0 Å². The number of hydrogen-bond acceptors (Lipinski definition) is 3. The Labute approximate surface area is 123 Å². The fourth-order valence-corrected chi connectivity index (χ4v) is 2.69. The predicted octanol–water partition coefficient (Wildman–Crippen LogP) is 3.21. The first-order valence-corrected chi connectivity index (χ1v) is 6.97. The van der Waals surface area contributed by atoms with Gasteiger partial charge in [0.05, 0.1) is 13.3 Å². The summed E-state index contributed by atoms with van der Waals surface area (Å²) in [6.45, 7) is 4.47. The summed E-state index contributed by atoms with van der Waals surface area (Å²) >= 11 is 6.22. The highest BCUT2D eigenvalue weighted by Crippen LogP contribution is 2.38. The fraction of sp³-hybridized carbons (Fsp3) is 0.400. The van der Waals surface area contributed by atoms with Crippen molar-refractivity contribution >= 4 is 11.6 Å². The molecule has 2 aromatic rings. The van der Waals surface area contributed by atoms with E-state index < -0.39 is 5.60 Å². The van der Waals surface area contributed by atoms with Crippen LogP contribution in [0.2, 0.25) is 5.02 Å². The second kappa shape index (κ2) is 5.85. The van der Waals surface area contributed by atoms with E-state index >= 15 is 0 Å². The lowest BCUT2D eigenvalue weighted by molar-refractivity contribution is 0.0883. The van der Waals surface area contributed by atoms with E-state index in [2.05, 4.69) is 12.0 Å². The summed E-state index contributed by atoms with van der Waals surface area (Å²) in [4.78, 5) is 0. The third-order valence-electron chi connectivity index (χ3n) is 3.32. The van der Waals surface area contributed by atoms with Gasteiger partial charge in [0.25, 0.3) is 0 Å². The minimum Gasteiger partial charge on any atom is -0.493 e. The molecule has 2 rings (SSSR count). The number of aromatic nitrogens is 2. The normalized spacial score (nSPS) is 14.1. The van der Waals surface area contributed by atoms with Crippen molar-refractivity contribution in [3.63, 3.8) is 0 Å². The Bertz CT molecular complexity index is 593. The van der Waals surface area contributed by atoms with Crippen molar-refractivity contribution in [2.45, 2.75) is 32.4 Å². The maximum absolute atomic E-state index is 11.0. The summed E-state index contributed by atoms with van der Waals surface area (Å²) in [5, 5.41) is 15.8. The van der Waals surface area contributed by atoms with Crippen molar-refractivity contribution in [3.8, 4) is 5.75 Å². The van der Waals surface area contributed by atoms with Crippen LogP contribution >= 0.6 is 11.6 Å². The summed E-state index contributed by atoms with van der Waals surface area (Å²) < 4.78 is 7.10. The second-order valence-electron chi connectivity index (χ2n) is 4.84.